The fourth-order valence-corrected chi connectivity index (χ4v) is 5.95. The summed E-state index contributed by atoms with van der Waals surface area (Å²) < 4.78 is 32.8. The van der Waals surface area contributed by atoms with Gasteiger partial charge < -0.3 is 9.64 Å². The topological polar surface area (TPSA) is 46.6 Å². The molecule has 0 aromatic heterocycles. The Morgan fingerprint density at radius 2 is 1.37 bits per heavy atom. The molecule has 4 nitrogen and oxygen atoms in total. The second kappa shape index (κ2) is 6.61. The van der Waals surface area contributed by atoms with Gasteiger partial charge in [-0.2, -0.15) is 0 Å². The van der Waals surface area contributed by atoms with E-state index in [1.54, 1.807) is 19.2 Å². The maximum absolute atomic E-state index is 13.5. The van der Waals surface area contributed by atoms with Crippen LogP contribution >= 0.6 is 0 Å². The van der Waals surface area contributed by atoms with Crippen LogP contribution in [0.1, 0.15) is 11.1 Å². The third kappa shape index (κ3) is 2.62. The molecular weight excluding hydrogens is 394 g/mol. The number of rotatable bonds is 2. The standard InChI is InChI=1S/C25H21NO3S/c1-16-8-11-20-23(14-16)30(27,28)24-15-17(2)9-12-21(24)26(20)25-19-7-5-4-6-18(19)10-13-22(25)29-3/h4-15H,1-3H3. The van der Waals surface area contributed by atoms with Crippen LogP contribution in [0.5, 0.6) is 5.75 Å². The second-order valence-electron chi connectivity index (χ2n) is 7.62. The molecule has 0 aliphatic carbocycles. The first kappa shape index (κ1) is 18.7. The molecule has 0 saturated carbocycles. The van der Waals surface area contributed by atoms with E-state index in [-0.39, 0.29) is 0 Å². The fraction of sp³-hybridized carbons (Fsp3) is 0.120. The number of ether oxygens (including phenoxy) is 1. The van der Waals surface area contributed by atoms with Crippen molar-refractivity contribution in [1.82, 2.24) is 0 Å². The fourth-order valence-electron chi connectivity index (χ4n) is 4.16. The molecule has 4 aromatic carbocycles. The molecule has 1 heterocycles. The molecule has 0 N–H and O–H groups in total. The Bertz CT molecular complexity index is 1360. The Morgan fingerprint density at radius 3 is 1.97 bits per heavy atom. The molecule has 0 amide bonds. The summed E-state index contributed by atoms with van der Waals surface area (Å²) in [7, 11) is -2.00. The van der Waals surface area contributed by atoms with Gasteiger partial charge in [0.05, 0.1) is 34.0 Å². The van der Waals surface area contributed by atoms with Crippen LogP contribution in [0, 0.1) is 13.8 Å². The van der Waals surface area contributed by atoms with E-state index in [0.29, 0.717) is 26.9 Å². The van der Waals surface area contributed by atoms with E-state index in [0.717, 1.165) is 27.6 Å². The van der Waals surface area contributed by atoms with E-state index < -0.39 is 9.84 Å². The number of methoxy groups -OCH3 is 1. The first-order valence-corrected chi connectivity index (χ1v) is 11.2. The molecule has 5 rings (SSSR count). The molecule has 0 spiro atoms. The number of fused-ring (bicyclic) bond motifs is 3. The molecule has 150 valence electrons. The molecule has 4 aromatic rings. The number of hydrogen-bond donors (Lipinski definition) is 0. The van der Waals surface area contributed by atoms with Crippen LogP contribution in [0.15, 0.2) is 82.6 Å². The molecule has 0 atom stereocenters. The second-order valence-corrected chi connectivity index (χ2v) is 9.51. The monoisotopic (exact) mass is 415 g/mol. The Hall–Kier alpha value is -3.31. The molecule has 0 radical (unpaired) electrons. The van der Waals surface area contributed by atoms with Gasteiger partial charge in [0.15, 0.2) is 0 Å². The van der Waals surface area contributed by atoms with Crippen molar-refractivity contribution in [2.75, 3.05) is 12.0 Å². The Labute approximate surface area is 176 Å². The summed E-state index contributed by atoms with van der Waals surface area (Å²) in [6.45, 7) is 3.81. The highest BCUT2D eigenvalue weighted by Gasteiger charge is 2.36. The maximum Gasteiger partial charge on any atom is 0.210 e. The van der Waals surface area contributed by atoms with Crippen molar-refractivity contribution < 1.29 is 13.2 Å². The molecule has 0 unspecified atom stereocenters. The van der Waals surface area contributed by atoms with Gasteiger partial charge in [0.25, 0.3) is 0 Å². The number of anilines is 3. The molecule has 0 bridgehead atoms. The summed E-state index contributed by atoms with van der Waals surface area (Å²) >= 11 is 0. The summed E-state index contributed by atoms with van der Waals surface area (Å²) in [5, 5.41) is 2.05. The summed E-state index contributed by atoms with van der Waals surface area (Å²) in [4.78, 5) is 2.65. The molecule has 1 aliphatic rings. The van der Waals surface area contributed by atoms with E-state index in [9.17, 15) is 8.42 Å². The lowest BCUT2D eigenvalue weighted by molar-refractivity contribution is 0.416. The van der Waals surface area contributed by atoms with Gasteiger partial charge >= 0.3 is 0 Å². The minimum Gasteiger partial charge on any atom is -0.495 e. The SMILES string of the molecule is COc1ccc2ccccc2c1N1c2ccc(C)cc2S(=O)(=O)c2cc(C)ccc21. The zero-order valence-electron chi connectivity index (χ0n) is 17.0. The van der Waals surface area contributed by atoms with Crippen molar-refractivity contribution in [1.29, 1.82) is 0 Å². The van der Waals surface area contributed by atoms with Gasteiger partial charge in [0.1, 0.15) is 5.75 Å². The van der Waals surface area contributed by atoms with Gasteiger partial charge in [-0.3, -0.25) is 0 Å². The van der Waals surface area contributed by atoms with Gasteiger partial charge in [-0.1, -0.05) is 42.5 Å². The third-order valence-electron chi connectivity index (χ3n) is 5.60. The lowest BCUT2D eigenvalue weighted by atomic mass is 10.0. The molecule has 0 fully saturated rings. The van der Waals surface area contributed by atoms with E-state index in [2.05, 4.69) is 0 Å². The van der Waals surface area contributed by atoms with Crippen LogP contribution in [-0.2, 0) is 9.84 Å². The highest BCUT2D eigenvalue weighted by atomic mass is 32.2. The van der Waals surface area contributed by atoms with Crippen LogP contribution in [0.25, 0.3) is 10.8 Å². The molecule has 5 heteroatoms. The van der Waals surface area contributed by atoms with Crippen molar-refractivity contribution in [3.05, 3.63) is 83.9 Å². The molecule has 1 aliphatic heterocycles. The summed E-state index contributed by atoms with van der Waals surface area (Å²) in [6, 6.07) is 23.2. The number of nitrogens with zero attached hydrogens (tertiary/aromatic N) is 1. The van der Waals surface area contributed by atoms with Gasteiger partial charge in [-0.15, -0.1) is 0 Å². The first-order chi connectivity index (χ1) is 14.4. The minimum atomic E-state index is -3.64. The maximum atomic E-state index is 13.5. The predicted octanol–water partition coefficient (Wildman–Crippen LogP) is 6.08. The van der Waals surface area contributed by atoms with Gasteiger partial charge in [-0.05, 0) is 60.7 Å². The van der Waals surface area contributed by atoms with Crippen LogP contribution in [0.4, 0.5) is 17.1 Å². The highest BCUT2D eigenvalue weighted by Crippen LogP contribution is 2.52. The zero-order chi connectivity index (χ0) is 21.0. The Balaban J connectivity index is 1.95. The number of benzene rings is 4. The van der Waals surface area contributed by atoms with E-state index in [4.69, 9.17) is 4.74 Å². The van der Waals surface area contributed by atoms with Crippen LogP contribution in [0.3, 0.4) is 0 Å². The predicted molar refractivity (Wildman–Crippen MR) is 120 cm³/mol. The van der Waals surface area contributed by atoms with Crippen LogP contribution < -0.4 is 9.64 Å². The average molecular weight is 416 g/mol. The lowest BCUT2D eigenvalue weighted by Gasteiger charge is -2.34. The largest absolute Gasteiger partial charge is 0.495 e. The Morgan fingerprint density at radius 1 is 0.767 bits per heavy atom. The lowest BCUT2D eigenvalue weighted by Crippen LogP contribution is -2.23. The molecule has 30 heavy (non-hydrogen) atoms. The van der Waals surface area contributed by atoms with Crippen molar-refractivity contribution >= 4 is 37.7 Å². The van der Waals surface area contributed by atoms with E-state index in [1.807, 2.05) is 79.4 Å². The Kier molecular flexibility index (Phi) is 4.12. The quantitative estimate of drug-likeness (QED) is 0.350. The highest BCUT2D eigenvalue weighted by molar-refractivity contribution is 7.92. The van der Waals surface area contributed by atoms with Crippen LogP contribution in [0.2, 0.25) is 0 Å². The van der Waals surface area contributed by atoms with Gasteiger partial charge in [-0.25, -0.2) is 8.42 Å². The third-order valence-corrected chi connectivity index (χ3v) is 7.41. The van der Waals surface area contributed by atoms with Crippen molar-refractivity contribution in [2.24, 2.45) is 0 Å². The number of sulfone groups is 1. The van der Waals surface area contributed by atoms with Gasteiger partial charge in [0.2, 0.25) is 9.84 Å². The number of aryl methyl sites for hydroxylation is 2. The zero-order valence-corrected chi connectivity index (χ0v) is 17.8. The van der Waals surface area contributed by atoms with E-state index in [1.165, 1.54) is 0 Å². The smallest absolute Gasteiger partial charge is 0.210 e. The van der Waals surface area contributed by atoms with Crippen molar-refractivity contribution in [3.8, 4) is 5.75 Å². The normalized spacial score (nSPS) is 14.3. The average Bonchev–Trinajstić information content (AvgIpc) is 2.74. The number of hydrogen-bond acceptors (Lipinski definition) is 4. The minimum absolute atomic E-state index is 0.315. The van der Waals surface area contributed by atoms with Crippen molar-refractivity contribution in [3.63, 3.8) is 0 Å². The summed E-state index contributed by atoms with van der Waals surface area (Å²) in [5.74, 6) is 0.686. The van der Waals surface area contributed by atoms with Gasteiger partial charge in [0, 0.05) is 5.39 Å². The molecule has 0 saturated heterocycles. The van der Waals surface area contributed by atoms with Crippen molar-refractivity contribution in [2.45, 2.75) is 23.6 Å². The summed E-state index contributed by atoms with van der Waals surface area (Å²) in [5.41, 5.74) is 3.90. The first-order valence-electron chi connectivity index (χ1n) is 9.74. The summed E-state index contributed by atoms with van der Waals surface area (Å²) in [6.07, 6.45) is 0. The van der Waals surface area contributed by atoms with E-state index >= 15 is 0 Å². The van der Waals surface area contributed by atoms with Crippen LogP contribution in [-0.4, -0.2) is 15.5 Å². The molecular formula is C25H21NO3S.